The number of carbonyl (C=O) groups is 4. The first-order valence-electron chi connectivity index (χ1n) is 8.72. The smallest absolute Gasteiger partial charge is 0.298 e. The Hall–Kier alpha value is -3.16. The van der Waals surface area contributed by atoms with E-state index < -0.39 is 17.8 Å². The van der Waals surface area contributed by atoms with Gasteiger partial charge in [0.2, 0.25) is 5.91 Å². The first kappa shape index (κ1) is 18.6. The standard InChI is InChI=1S/C19H22N4O4/c1-11(2)16(24)23-14(12-8-6-5-7-9-12)10-13(20-23)15-17(25)21(3)19(27)22(4)18(15)26/h5-9,11,14,20H,10H2,1-4H3. The minimum absolute atomic E-state index is 0.111. The number of nitrogens with zero attached hydrogens (tertiary/aromatic N) is 3. The highest BCUT2D eigenvalue weighted by Crippen LogP contribution is 2.35. The van der Waals surface area contributed by atoms with Crippen LogP contribution in [0.25, 0.3) is 0 Å². The van der Waals surface area contributed by atoms with E-state index in [9.17, 15) is 19.2 Å². The molecule has 1 aromatic rings. The lowest BCUT2D eigenvalue weighted by molar-refractivity contribution is -0.139. The van der Waals surface area contributed by atoms with Gasteiger partial charge in [0.15, 0.2) is 0 Å². The van der Waals surface area contributed by atoms with Crippen molar-refractivity contribution in [3.8, 4) is 0 Å². The second-order valence-electron chi connectivity index (χ2n) is 6.97. The van der Waals surface area contributed by atoms with Crippen LogP contribution in [0.2, 0.25) is 0 Å². The van der Waals surface area contributed by atoms with Crippen LogP contribution in [0, 0.1) is 5.92 Å². The minimum Gasteiger partial charge on any atom is -0.298 e. The molecule has 2 saturated heterocycles. The summed E-state index contributed by atoms with van der Waals surface area (Å²) in [7, 11) is 2.66. The molecule has 142 valence electrons. The molecule has 1 aromatic carbocycles. The second kappa shape index (κ2) is 6.86. The van der Waals surface area contributed by atoms with Gasteiger partial charge in [-0.05, 0) is 5.56 Å². The number of urea groups is 1. The van der Waals surface area contributed by atoms with E-state index in [2.05, 4.69) is 5.43 Å². The summed E-state index contributed by atoms with van der Waals surface area (Å²) in [5.74, 6) is -1.75. The van der Waals surface area contributed by atoms with Gasteiger partial charge >= 0.3 is 6.03 Å². The van der Waals surface area contributed by atoms with Crippen molar-refractivity contribution in [1.29, 1.82) is 0 Å². The molecule has 2 heterocycles. The van der Waals surface area contributed by atoms with Crippen LogP contribution in [0.5, 0.6) is 0 Å². The van der Waals surface area contributed by atoms with Crippen LogP contribution in [-0.2, 0) is 14.4 Å². The Labute approximate surface area is 157 Å². The summed E-state index contributed by atoms with van der Waals surface area (Å²) in [5, 5.41) is 1.47. The van der Waals surface area contributed by atoms with Crippen LogP contribution in [0.15, 0.2) is 41.6 Å². The zero-order chi connectivity index (χ0) is 19.9. The molecule has 27 heavy (non-hydrogen) atoms. The van der Waals surface area contributed by atoms with Gasteiger partial charge in [-0.15, -0.1) is 0 Å². The fraction of sp³-hybridized carbons (Fsp3) is 0.368. The largest absolute Gasteiger partial charge is 0.333 e. The van der Waals surface area contributed by atoms with Crippen molar-refractivity contribution in [3.63, 3.8) is 0 Å². The Bertz CT molecular complexity index is 821. The second-order valence-corrected chi connectivity index (χ2v) is 6.97. The number of nitrogens with one attached hydrogen (secondary N) is 1. The van der Waals surface area contributed by atoms with Gasteiger partial charge in [-0.3, -0.25) is 29.6 Å². The Balaban J connectivity index is 2.06. The monoisotopic (exact) mass is 370 g/mol. The van der Waals surface area contributed by atoms with Gasteiger partial charge in [0.25, 0.3) is 11.8 Å². The highest BCUT2D eigenvalue weighted by Gasteiger charge is 2.44. The van der Waals surface area contributed by atoms with Crippen molar-refractivity contribution in [3.05, 3.63) is 47.2 Å². The van der Waals surface area contributed by atoms with Crippen LogP contribution < -0.4 is 5.43 Å². The molecule has 1 unspecified atom stereocenters. The third-order valence-corrected chi connectivity index (χ3v) is 4.79. The lowest BCUT2D eigenvalue weighted by Crippen LogP contribution is -2.54. The molecule has 2 fully saturated rings. The van der Waals surface area contributed by atoms with Gasteiger partial charge in [0.1, 0.15) is 5.57 Å². The zero-order valence-corrected chi connectivity index (χ0v) is 15.7. The van der Waals surface area contributed by atoms with E-state index in [0.717, 1.165) is 15.4 Å². The summed E-state index contributed by atoms with van der Waals surface area (Å²) in [4.78, 5) is 51.6. The first-order valence-corrected chi connectivity index (χ1v) is 8.72. The maximum atomic E-state index is 12.7. The lowest BCUT2D eigenvalue weighted by Gasteiger charge is -2.30. The predicted molar refractivity (Wildman–Crippen MR) is 96.6 cm³/mol. The van der Waals surface area contributed by atoms with Crippen molar-refractivity contribution in [2.45, 2.75) is 26.3 Å². The minimum atomic E-state index is -0.679. The van der Waals surface area contributed by atoms with Gasteiger partial charge in [-0.25, -0.2) is 9.80 Å². The zero-order valence-electron chi connectivity index (χ0n) is 15.7. The molecule has 8 heteroatoms. The van der Waals surface area contributed by atoms with Crippen LogP contribution in [0.4, 0.5) is 4.79 Å². The average Bonchev–Trinajstić information content (AvgIpc) is 3.09. The molecule has 0 bridgehead atoms. The van der Waals surface area contributed by atoms with Crippen molar-refractivity contribution in [2.75, 3.05) is 14.1 Å². The molecular formula is C19H22N4O4. The number of hydrogen-bond acceptors (Lipinski definition) is 5. The Morgan fingerprint density at radius 2 is 1.59 bits per heavy atom. The number of rotatable bonds is 2. The number of likely N-dealkylation sites (N-methyl/N-ethyl adjacent to an activating group) is 2. The highest BCUT2D eigenvalue weighted by atomic mass is 16.2. The van der Waals surface area contributed by atoms with Crippen molar-refractivity contribution < 1.29 is 19.2 Å². The van der Waals surface area contributed by atoms with Gasteiger partial charge in [-0.2, -0.15) is 0 Å². The van der Waals surface area contributed by atoms with Gasteiger partial charge in [0, 0.05) is 26.4 Å². The van der Waals surface area contributed by atoms with Crippen molar-refractivity contribution in [2.24, 2.45) is 5.92 Å². The van der Waals surface area contributed by atoms with E-state index in [1.165, 1.54) is 19.1 Å². The highest BCUT2D eigenvalue weighted by molar-refractivity contribution is 6.28. The summed E-state index contributed by atoms with van der Waals surface area (Å²) < 4.78 is 0. The van der Waals surface area contributed by atoms with Crippen molar-refractivity contribution in [1.82, 2.24) is 20.2 Å². The van der Waals surface area contributed by atoms with E-state index in [1.807, 2.05) is 30.3 Å². The molecule has 2 aliphatic heterocycles. The molecule has 8 nitrogen and oxygen atoms in total. The fourth-order valence-electron chi connectivity index (χ4n) is 3.22. The third kappa shape index (κ3) is 3.07. The Kier molecular flexibility index (Phi) is 4.73. The van der Waals surface area contributed by atoms with E-state index >= 15 is 0 Å². The van der Waals surface area contributed by atoms with Gasteiger partial charge in [-0.1, -0.05) is 44.2 Å². The molecule has 0 radical (unpaired) electrons. The Morgan fingerprint density at radius 3 is 2.11 bits per heavy atom. The molecule has 1 atom stereocenters. The molecule has 1 N–H and O–H groups in total. The fourth-order valence-corrected chi connectivity index (χ4v) is 3.22. The normalized spacial score (nSPS) is 20.7. The Morgan fingerprint density at radius 1 is 1.04 bits per heavy atom. The number of benzene rings is 1. The lowest BCUT2D eigenvalue weighted by atomic mass is 9.99. The predicted octanol–water partition coefficient (Wildman–Crippen LogP) is 1.43. The summed E-state index contributed by atoms with van der Waals surface area (Å²) in [5.41, 5.74) is 4.09. The van der Waals surface area contributed by atoms with Crippen LogP contribution in [-0.4, -0.2) is 52.7 Å². The molecule has 0 aliphatic carbocycles. The number of carbonyl (C=O) groups excluding carboxylic acids is 4. The molecule has 0 aromatic heterocycles. The van der Waals surface area contributed by atoms with Crippen LogP contribution >= 0.6 is 0 Å². The van der Waals surface area contributed by atoms with E-state index in [-0.39, 0.29) is 29.9 Å². The summed E-state index contributed by atoms with van der Waals surface area (Å²) >= 11 is 0. The number of barbiturate groups is 1. The van der Waals surface area contributed by atoms with Crippen LogP contribution in [0.1, 0.15) is 31.9 Å². The van der Waals surface area contributed by atoms with Crippen LogP contribution in [0.3, 0.4) is 0 Å². The molecule has 0 spiro atoms. The molecule has 0 saturated carbocycles. The topological polar surface area (TPSA) is 90.0 Å². The van der Waals surface area contributed by atoms with E-state index in [4.69, 9.17) is 0 Å². The molecule has 3 rings (SSSR count). The average molecular weight is 370 g/mol. The quantitative estimate of drug-likeness (QED) is 0.628. The number of imide groups is 2. The summed E-state index contributed by atoms with van der Waals surface area (Å²) in [6.07, 6.45) is 0.283. The first-order chi connectivity index (χ1) is 12.7. The molecule has 2 aliphatic rings. The van der Waals surface area contributed by atoms with Gasteiger partial charge in [0.05, 0.1) is 11.7 Å². The maximum Gasteiger partial charge on any atom is 0.333 e. The van der Waals surface area contributed by atoms with E-state index in [1.54, 1.807) is 13.8 Å². The number of hydrogen-bond donors (Lipinski definition) is 1. The summed E-state index contributed by atoms with van der Waals surface area (Å²) in [6, 6.07) is 8.38. The number of hydrazine groups is 1. The summed E-state index contributed by atoms with van der Waals surface area (Å²) in [6.45, 7) is 3.57. The molecular weight excluding hydrogens is 348 g/mol. The van der Waals surface area contributed by atoms with Gasteiger partial charge < -0.3 is 0 Å². The number of amides is 5. The maximum absolute atomic E-state index is 12.7. The third-order valence-electron chi connectivity index (χ3n) is 4.79. The van der Waals surface area contributed by atoms with Crippen molar-refractivity contribution >= 4 is 23.8 Å². The van der Waals surface area contributed by atoms with E-state index in [0.29, 0.717) is 5.70 Å². The SMILES string of the molecule is CC(C)C(=O)N1NC(=C2C(=O)N(C)C(=O)N(C)C2=O)CC1c1ccccc1. The molecule has 5 amide bonds.